The van der Waals surface area contributed by atoms with E-state index >= 15 is 0 Å². The molecular formula is C23H28F2N2O2. The minimum absolute atomic E-state index is 0.0269. The quantitative estimate of drug-likeness (QED) is 0.644. The number of hydrogen-bond donors (Lipinski definition) is 3. The van der Waals surface area contributed by atoms with Crippen molar-refractivity contribution in [3.05, 3.63) is 64.5 Å². The Labute approximate surface area is 170 Å². The van der Waals surface area contributed by atoms with Crippen molar-refractivity contribution in [2.45, 2.75) is 51.9 Å². The molecule has 3 rings (SSSR count). The maximum absolute atomic E-state index is 13.8. The summed E-state index contributed by atoms with van der Waals surface area (Å²) in [6.07, 6.45) is 3.80. The van der Waals surface area contributed by atoms with Gasteiger partial charge in [-0.1, -0.05) is 12.1 Å². The zero-order valence-electron chi connectivity index (χ0n) is 16.7. The Morgan fingerprint density at radius 2 is 1.93 bits per heavy atom. The van der Waals surface area contributed by atoms with Gasteiger partial charge in [0.1, 0.15) is 18.2 Å². The van der Waals surface area contributed by atoms with Crippen LogP contribution in [-0.4, -0.2) is 23.6 Å². The Kier molecular flexibility index (Phi) is 7.20. The van der Waals surface area contributed by atoms with E-state index in [4.69, 9.17) is 0 Å². The first-order valence-corrected chi connectivity index (χ1v) is 10.1. The van der Waals surface area contributed by atoms with E-state index in [1.807, 2.05) is 6.92 Å². The Hall–Kier alpha value is -2.47. The van der Waals surface area contributed by atoms with Gasteiger partial charge < -0.3 is 15.7 Å². The van der Waals surface area contributed by atoms with Crippen LogP contribution < -0.4 is 10.6 Å². The van der Waals surface area contributed by atoms with E-state index in [2.05, 4.69) is 10.6 Å². The molecule has 1 amide bonds. The Balaban J connectivity index is 1.43. The minimum Gasteiger partial charge on any atom is -0.508 e. The van der Waals surface area contributed by atoms with Gasteiger partial charge in [0, 0.05) is 30.3 Å². The van der Waals surface area contributed by atoms with Crippen LogP contribution in [0.25, 0.3) is 0 Å². The molecule has 0 aliphatic heterocycles. The van der Waals surface area contributed by atoms with Crippen molar-refractivity contribution in [3.63, 3.8) is 0 Å². The summed E-state index contributed by atoms with van der Waals surface area (Å²) in [6, 6.07) is 9.71. The minimum atomic E-state index is -0.580. The third kappa shape index (κ3) is 5.76. The number of rotatable bonds is 7. The number of phenols is 1. The van der Waals surface area contributed by atoms with Crippen LogP contribution in [0.1, 0.15) is 52.7 Å². The van der Waals surface area contributed by atoms with Crippen molar-refractivity contribution in [2.24, 2.45) is 5.92 Å². The number of benzene rings is 2. The third-order valence-electron chi connectivity index (χ3n) is 5.61. The predicted octanol–water partition coefficient (Wildman–Crippen LogP) is 4.39. The van der Waals surface area contributed by atoms with Crippen molar-refractivity contribution in [1.29, 1.82) is 0 Å². The summed E-state index contributed by atoms with van der Waals surface area (Å²) in [4.78, 5) is 12.4. The molecule has 1 aliphatic rings. The number of alkyl halides is 1. The Morgan fingerprint density at radius 3 is 2.62 bits per heavy atom. The topological polar surface area (TPSA) is 61.4 Å². The Bertz CT molecular complexity index is 829. The number of carbonyl (C=O) groups is 1. The highest BCUT2D eigenvalue weighted by molar-refractivity contribution is 5.94. The number of nitrogens with one attached hydrogen (secondary N) is 2. The summed E-state index contributed by atoms with van der Waals surface area (Å²) in [5, 5.41) is 16.1. The normalized spacial score (nSPS) is 19.1. The highest BCUT2D eigenvalue weighted by atomic mass is 19.1. The summed E-state index contributed by atoms with van der Waals surface area (Å²) in [6.45, 7) is 2.17. The number of hydrogen-bond acceptors (Lipinski definition) is 3. The van der Waals surface area contributed by atoms with Gasteiger partial charge in [0.15, 0.2) is 0 Å². The molecule has 0 radical (unpaired) electrons. The second-order valence-corrected chi connectivity index (χ2v) is 7.89. The summed E-state index contributed by atoms with van der Waals surface area (Å²) in [7, 11) is 0. The van der Waals surface area contributed by atoms with E-state index < -0.39 is 12.5 Å². The predicted molar refractivity (Wildman–Crippen MR) is 109 cm³/mol. The van der Waals surface area contributed by atoms with Crippen LogP contribution in [0.4, 0.5) is 8.78 Å². The van der Waals surface area contributed by atoms with Crippen LogP contribution >= 0.6 is 0 Å². The molecule has 0 spiro atoms. The van der Waals surface area contributed by atoms with Crippen LogP contribution in [0.2, 0.25) is 0 Å². The van der Waals surface area contributed by atoms with Gasteiger partial charge in [0.2, 0.25) is 0 Å². The SMILES string of the molecule is Cc1cc(CF)cc(C(=O)NCC2CCC(NCc3c(O)cccc3F)CC2)c1. The number of carbonyl (C=O) groups excluding carboxylic acids is 1. The molecule has 29 heavy (non-hydrogen) atoms. The van der Waals surface area contributed by atoms with E-state index in [1.165, 1.54) is 18.2 Å². The molecule has 156 valence electrons. The summed E-state index contributed by atoms with van der Waals surface area (Å²) < 4.78 is 26.7. The van der Waals surface area contributed by atoms with Crippen molar-refractivity contribution < 1.29 is 18.7 Å². The molecule has 0 aromatic heterocycles. The molecule has 2 aromatic carbocycles. The van der Waals surface area contributed by atoms with E-state index in [9.17, 15) is 18.7 Å². The molecule has 0 atom stereocenters. The number of halogens is 2. The summed E-state index contributed by atoms with van der Waals surface area (Å²) in [5.74, 6) is -0.204. The van der Waals surface area contributed by atoms with E-state index in [0.29, 0.717) is 35.7 Å². The number of aromatic hydroxyl groups is 1. The highest BCUT2D eigenvalue weighted by Crippen LogP contribution is 2.25. The molecule has 0 unspecified atom stereocenters. The molecule has 1 aliphatic carbocycles. The molecule has 1 fully saturated rings. The second kappa shape index (κ2) is 9.83. The molecule has 3 N–H and O–H groups in total. The van der Waals surface area contributed by atoms with Gasteiger partial charge in [-0.15, -0.1) is 0 Å². The fourth-order valence-electron chi connectivity index (χ4n) is 3.95. The van der Waals surface area contributed by atoms with Crippen molar-refractivity contribution >= 4 is 5.91 Å². The number of phenolic OH excluding ortho intramolecular Hbond substituents is 1. The Morgan fingerprint density at radius 1 is 1.17 bits per heavy atom. The van der Waals surface area contributed by atoms with Gasteiger partial charge in [-0.05, 0) is 73.9 Å². The lowest BCUT2D eigenvalue weighted by molar-refractivity contribution is 0.0942. The van der Waals surface area contributed by atoms with Crippen LogP contribution in [0.5, 0.6) is 5.75 Å². The summed E-state index contributed by atoms with van der Waals surface area (Å²) >= 11 is 0. The molecule has 4 nitrogen and oxygen atoms in total. The smallest absolute Gasteiger partial charge is 0.251 e. The fraction of sp³-hybridized carbons (Fsp3) is 0.435. The lowest BCUT2D eigenvalue weighted by atomic mass is 9.86. The standard InChI is InChI=1S/C23H28F2N2O2/c1-15-9-17(12-24)11-18(10-15)23(29)27-13-16-5-7-19(8-6-16)26-14-20-21(25)3-2-4-22(20)28/h2-4,9-11,16,19,26,28H,5-8,12-14H2,1H3,(H,27,29). The number of aryl methyl sites for hydroxylation is 1. The zero-order valence-corrected chi connectivity index (χ0v) is 16.7. The lowest BCUT2D eigenvalue weighted by Crippen LogP contribution is -2.36. The van der Waals surface area contributed by atoms with E-state index in [1.54, 1.807) is 18.2 Å². The van der Waals surface area contributed by atoms with Gasteiger partial charge in [-0.25, -0.2) is 8.78 Å². The van der Waals surface area contributed by atoms with Crippen LogP contribution in [0, 0.1) is 18.7 Å². The highest BCUT2D eigenvalue weighted by Gasteiger charge is 2.22. The van der Waals surface area contributed by atoms with Gasteiger partial charge in [0.25, 0.3) is 5.91 Å². The average Bonchev–Trinajstić information content (AvgIpc) is 2.72. The maximum Gasteiger partial charge on any atom is 0.251 e. The van der Waals surface area contributed by atoms with E-state index in [0.717, 1.165) is 31.2 Å². The molecule has 0 heterocycles. The first kappa shape index (κ1) is 21.2. The van der Waals surface area contributed by atoms with Crippen LogP contribution in [-0.2, 0) is 13.2 Å². The first-order valence-electron chi connectivity index (χ1n) is 10.1. The first-order chi connectivity index (χ1) is 14.0. The van der Waals surface area contributed by atoms with Gasteiger partial charge >= 0.3 is 0 Å². The monoisotopic (exact) mass is 402 g/mol. The van der Waals surface area contributed by atoms with Crippen LogP contribution in [0.15, 0.2) is 36.4 Å². The van der Waals surface area contributed by atoms with Gasteiger partial charge in [-0.3, -0.25) is 4.79 Å². The maximum atomic E-state index is 13.8. The average molecular weight is 402 g/mol. The fourth-order valence-corrected chi connectivity index (χ4v) is 3.95. The molecular weight excluding hydrogens is 374 g/mol. The zero-order chi connectivity index (χ0) is 20.8. The van der Waals surface area contributed by atoms with Crippen LogP contribution in [0.3, 0.4) is 0 Å². The molecule has 0 saturated heterocycles. The van der Waals surface area contributed by atoms with Crippen molar-refractivity contribution in [3.8, 4) is 5.75 Å². The lowest BCUT2D eigenvalue weighted by Gasteiger charge is -2.29. The van der Waals surface area contributed by atoms with Crippen molar-refractivity contribution in [1.82, 2.24) is 10.6 Å². The summed E-state index contributed by atoms with van der Waals surface area (Å²) in [5.41, 5.74) is 2.19. The van der Waals surface area contributed by atoms with E-state index in [-0.39, 0.29) is 17.7 Å². The molecule has 0 bridgehead atoms. The second-order valence-electron chi connectivity index (χ2n) is 7.89. The molecule has 6 heteroatoms. The van der Waals surface area contributed by atoms with Gasteiger partial charge in [-0.2, -0.15) is 0 Å². The third-order valence-corrected chi connectivity index (χ3v) is 5.61. The van der Waals surface area contributed by atoms with Crippen molar-refractivity contribution in [2.75, 3.05) is 6.54 Å². The molecule has 2 aromatic rings. The number of amides is 1. The van der Waals surface area contributed by atoms with Gasteiger partial charge in [0.05, 0.1) is 0 Å². The molecule has 1 saturated carbocycles. The largest absolute Gasteiger partial charge is 0.508 e.